The highest BCUT2D eigenvalue weighted by atomic mass is 16.5. The van der Waals surface area contributed by atoms with Crippen molar-refractivity contribution < 1.29 is 14.3 Å². The number of nitrogens with one attached hydrogen (secondary N) is 2. The van der Waals surface area contributed by atoms with Gasteiger partial charge in [-0.1, -0.05) is 12.1 Å². The Morgan fingerprint density at radius 2 is 2.12 bits per heavy atom. The molecule has 2 rings (SSSR count). The molecule has 0 fully saturated rings. The van der Waals surface area contributed by atoms with Crippen LogP contribution in [0.3, 0.4) is 0 Å². The van der Waals surface area contributed by atoms with Crippen LogP contribution >= 0.6 is 0 Å². The van der Waals surface area contributed by atoms with Crippen molar-refractivity contribution in [3.63, 3.8) is 0 Å². The maximum atomic E-state index is 11.9. The predicted octanol–water partition coefficient (Wildman–Crippen LogP) is 1.41. The fourth-order valence-corrected chi connectivity index (χ4v) is 2.12. The number of aromatic nitrogens is 2. The zero-order valence-electron chi connectivity index (χ0n) is 13.7. The molecule has 128 valence electrons. The number of hydrogen-bond donors (Lipinski definition) is 2. The van der Waals surface area contributed by atoms with Crippen LogP contribution in [0.2, 0.25) is 0 Å². The third-order valence-electron chi connectivity index (χ3n) is 3.25. The lowest BCUT2D eigenvalue weighted by Gasteiger charge is -2.08. The number of rotatable bonds is 8. The smallest absolute Gasteiger partial charge is 0.313 e. The van der Waals surface area contributed by atoms with Gasteiger partial charge in [0.1, 0.15) is 0 Å². The zero-order chi connectivity index (χ0) is 17.2. The molecule has 1 aromatic heterocycles. The maximum Gasteiger partial charge on any atom is 0.313 e. The number of benzene rings is 1. The summed E-state index contributed by atoms with van der Waals surface area (Å²) < 4.78 is 6.95. The first-order chi connectivity index (χ1) is 11.7. The van der Waals surface area contributed by atoms with Gasteiger partial charge in [0, 0.05) is 37.8 Å². The van der Waals surface area contributed by atoms with Gasteiger partial charge in [-0.05, 0) is 37.1 Å². The van der Waals surface area contributed by atoms with Gasteiger partial charge in [0.25, 0.3) is 0 Å². The minimum atomic E-state index is -0.678. The number of hydrogen-bond acceptors (Lipinski definition) is 4. The topological polar surface area (TPSA) is 85.2 Å². The lowest BCUT2D eigenvalue weighted by atomic mass is 10.2. The Balaban J connectivity index is 1.81. The molecule has 2 amide bonds. The first kappa shape index (κ1) is 17.7. The molecule has 2 aromatic rings. The molecule has 1 aromatic carbocycles. The lowest BCUT2D eigenvalue weighted by Crippen LogP contribution is -2.36. The van der Waals surface area contributed by atoms with Crippen molar-refractivity contribution in [2.45, 2.75) is 19.9 Å². The van der Waals surface area contributed by atoms with E-state index in [9.17, 15) is 9.59 Å². The van der Waals surface area contributed by atoms with Gasteiger partial charge in [0.15, 0.2) is 0 Å². The van der Waals surface area contributed by atoms with Crippen LogP contribution in [0.15, 0.2) is 42.7 Å². The minimum Gasteiger partial charge on any atom is -0.382 e. The predicted molar refractivity (Wildman–Crippen MR) is 90.5 cm³/mol. The fraction of sp³-hybridized carbons (Fsp3) is 0.353. The highest BCUT2D eigenvalue weighted by Gasteiger charge is 2.13. The van der Waals surface area contributed by atoms with Crippen LogP contribution in [-0.2, 0) is 20.9 Å². The van der Waals surface area contributed by atoms with E-state index in [-0.39, 0.29) is 0 Å². The molecule has 0 saturated heterocycles. The number of carbonyl (C=O) groups excluding carboxylic acids is 2. The molecular weight excluding hydrogens is 308 g/mol. The van der Waals surface area contributed by atoms with Gasteiger partial charge in [-0.25, -0.2) is 0 Å². The normalized spacial score (nSPS) is 10.4. The summed E-state index contributed by atoms with van der Waals surface area (Å²) in [5, 5.41) is 9.31. The zero-order valence-corrected chi connectivity index (χ0v) is 13.7. The van der Waals surface area contributed by atoms with Crippen molar-refractivity contribution in [2.24, 2.45) is 0 Å². The molecule has 0 saturated carbocycles. The van der Waals surface area contributed by atoms with Crippen molar-refractivity contribution in [1.29, 1.82) is 0 Å². The second kappa shape index (κ2) is 9.46. The molecule has 0 aliphatic rings. The van der Waals surface area contributed by atoms with Gasteiger partial charge in [-0.2, -0.15) is 5.10 Å². The summed E-state index contributed by atoms with van der Waals surface area (Å²) in [4.78, 5) is 23.6. The van der Waals surface area contributed by atoms with Crippen molar-refractivity contribution in [3.05, 3.63) is 48.3 Å². The molecule has 7 nitrogen and oxygen atoms in total. The molecule has 0 radical (unpaired) electrons. The monoisotopic (exact) mass is 330 g/mol. The summed E-state index contributed by atoms with van der Waals surface area (Å²) >= 11 is 0. The van der Waals surface area contributed by atoms with Gasteiger partial charge < -0.3 is 15.4 Å². The molecule has 0 spiro atoms. The van der Waals surface area contributed by atoms with Gasteiger partial charge in [-0.3, -0.25) is 14.3 Å². The van der Waals surface area contributed by atoms with Crippen LogP contribution < -0.4 is 10.6 Å². The SMILES string of the molecule is CCOCCCNC(=O)C(=O)Nc1cccc(Cn2cccn2)c1. The first-order valence-electron chi connectivity index (χ1n) is 7.92. The average molecular weight is 330 g/mol. The maximum absolute atomic E-state index is 11.9. The number of nitrogens with zero attached hydrogens (tertiary/aromatic N) is 2. The minimum absolute atomic E-state index is 0.408. The summed E-state index contributed by atoms with van der Waals surface area (Å²) in [6.45, 7) is 4.12. The van der Waals surface area contributed by atoms with Gasteiger partial charge >= 0.3 is 11.8 Å². The molecule has 0 unspecified atom stereocenters. The standard InChI is InChI=1S/C17H22N4O3/c1-2-24-11-5-8-18-16(22)17(23)20-15-7-3-6-14(12-15)13-21-10-4-9-19-21/h3-4,6-7,9-10,12H,2,5,8,11,13H2,1H3,(H,18,22)(H,20,23). The van der Waals surface area contributed by atoms with E-state index >= 15 is 0 Å². The van der Waals surface area contributed by atoms with Gasteiger partial charge in [-0.15, -0.1) is 0 Å². The Kier molecular flexibility index (Phi) is 6.97. The summed E-state index contributed by atoms with van der Waals surface area (Å²) in [5.41, 5.74) is 1.56. The number of anilines is 1. The van der Waals surface area contributed by atoms with Gasteiger partial charge in [0.2, 0.25) is 0 Å². The average Bonchev–Trinajstić information content (AvgIpc) is 3.07. The van der Waals surface area contributed by atoms with Crippen molar-refractivity contribution in [2.75, 3.05) is 25.1 Å². The molecule has 0 aliphatic heterocycles. The fourth-order valence-electron chi connectivity index (χ4n) is 2.12. The highest BCUT2D eigenvalue weighted by Crippen LogP contribution is 2.11. The lowest BCUT2D eigenvalue weighted by molar-refractivity contribution is -0.136. The van der Waals surface area contributed by atoms with Crippen LogP contribution in [-0.4, -0.2) is 41.4 Å². The van der Waals surface area contributed by atoms with Crippen LogP contribution in [0.25, 0.3) is 0 Å². The molecule has 0 atom stereocenters. The Morgan fingerprint density at radius 1 is 1.25 bits per heavy atom. The van der Waals surface area contributed by atoms with Crippen LogP contribution in [0.4, 0.5) is 5.69 Å². The van der Waals surface area contributed by atoms with Crippen molar-refractivity contribution >= 4 is 17.5 Å². The van der Waals surface area contributed by atoms with Crippen molar-refractivity contribution in [1.82, 2.24) is 15.1 Å². The number of ether oxygens (including phenoxy) is 1. The Hall–Kier alpha value is -2.67. The molecule has 24 heavy (non-hydrogen) atoms. The van der Waals surface area contributed by atoms with E-state index in [1.165, 1.54) is 0 Å². The third-order valence-corrected chi connectivity index (χ3v) is 3.25. The highest BCUT2D eigenvalue weighted by molar-refractivity contribution is 6.39. The van der Waals surface area contributed by atoms with Crippen LogP contribution in [0.1, 0.15) is 18.9 Å². The first-order valence-corrected chi connectivity index (χ1v) is 7.92. The molecule has 7 heteroatoms. The number of amides is 2. The quantitative estimate of drug-likeness (QED) is 0.566. The Bertz CT molecular complexity index is 656. The molecule has 0 aliphatic carbocycles. The summed E-state index contributed by atoms with van der Waals surface area (Å²) in [5.74, 6) is -1.33. The molecule has 2 N–H and O–H groups in total. The second-order valence-electron chi connectivity index (χ2n) is 5.16. The summed E-state index contributed by atoms with van der Waals surface area (Å²) in [6, 6.07) is 9.18. The molecule has 0 bridgehead atoms. The van der Waals surface area contributed by atoms with E-state index in [0.29, 0.717) is 38.4 Å². The Labute approximate surface area is 141 Å². The van der Waals surface area contributed by atoms with E-state index in [2.05, 4.69) is 15.7 Å². The van der Waals surface area contributed by atoms with Gasteiger partial charge in [0.05, 0.1) is 6.54 Å². The summed E-state index contributed by atoms with van der Waals surface area (Å²) in [7, 11) is 0. The largest absolute Gasteiger partial charge is 0.382 e. The van der Waals surface area contributed by atoms with Crippen LogP contribution in [0, 0.1) is 0 Å². The van der Waals surface area contributed by atoms with E-state index in [4.69, 9.17) is 4.74 Å². The second-order valence-corrected chi connectivity index (χ2v) is 5.16. The van der Waals surface area contributed by atoms with Crippen LogP contribution in [0.5, 0.6) is 0 Å². The van der Waals surface area contributed by atoms with E-state index in [1.54, 1.807) is 16.9 Å². The third kappa shape index (κ3) is 5.85. The number of carbonyl (C=O) groups is 2. The van der Waals surface area contributed by atoms with E-state index in [0.717, 1.165) is 5.56 Å². The Morgan fingerprint density at radius 3 is 2.88 bits per heavy atom. The molecule has 1 heterocycles. The molecular formula is C17H22N4O3. The van der Waals surface area contributed by atoms with E-state index in [1.807, 2.05) is 37.4 Å². The van der Waals surface area contributed by atoms with E-state index < -0.39 is 11.8 Å². The summed E-state index contributed by atoms with van der Waals surface area (Å²) in [6.07, 6.45) is 4.24. The van der Waals surface area contributed by atoms with Crippen molar-refractivity contribution in [3.8, 4) is 0 Å².